The van der Waals surface area contributed by atoms with Crippen LogP contribution in [0.5, 0.6) is 11.5 Å². The number of fused-ring (bicyclic) bond motifs is 1. The van der Waals surface area contributed by atoms with Crippen molar-refractivity contribution >= 4 is 23.4 Å². The van der Waals surface area contributed by atoms with Gasteiger partial charge in [-0.2, -0.15) is 0 Å². The molecule has 0 radical (unpaired) electrons. The maximum Gasteiger partial charge on any atom is 0.240 e. The van der Waals surface area contributed by atoms with Crippen LogP contribution >= 0.6 is 11.8 Å². The lowest BCUT2D eigenvalue weighted by atomic mass is 10.0. The van der Waals surface area contributed by atoms with Crippen molar-refractivity contribution in [3.8, 4) is 11.5 Å². The Morgan fingerprint density at radius 3 is 2.60 bits per heavy atom. The monoisotopic (exact) mass is 491 g/mol. The quantitative estimate of drug-likeness (QED) is 0.396. The average molecular weight is 492 g/mol. The van der Waals surface area contributed by atoms with Crippen LogP contribution in [-0.2, 0) is 11.4 Å². The largest absolute Gasteiger partial charge is 0.497 e. The molecule has 1 aliphatic heterocycles. The number of benzene rings is 3. The minimum Gasteiger partial charge on any atom is -0.497 e. The Hall–Kier alpha value is -4.05. The van der Waals surface area contributed by atoms with E-state index < -0.39 is 11.3 Å². The lowest BCUT2D eigenvalue weighted by molar-refractivity contribution is -0.116. The van der Waals surface area contributed by atoms with Crippen molar-refractivity contribution in [1.29, 1.82) is 0 Å². The van der Waals surface area contributed by atoms with Crippen molar-refractivity contribution in [3.63, 3.8) is 0 Å². The second kappa shape index (κ2) is 10.1. The summed E-state index contributed by atoms with van der Waals surface area (Å²) in [5.74, 6) is 1.31. The van der Waals surface area contributed by atoms with Crippen LogP contribution in [0.1, 0.15) is 17.4 Å². The molecule has 0 bridgehead atoms. The Balaban J connectivity index is 1.41. The minimum atomic E-state index is -0.605. The fourth-order valence-corrected chi connectivity index (χ4v) is 4.79. The molecule has 2 heterocycles. The zero-order chi connectivity index (χ0) is 24.2. The number of thioether (sulfide) groups is 1. The van der Waals surface area contributed by atoms with Gasteiger partial charge in [0, 0.05) is 11.8 Å². The number of anilines is 1. The van der Waals surface area contributed by atoms with E-state index in [1.54, 1.807) is 48.2 Å². The first-order valence-electron chi connectivity index (χ1n) is 10.9. The molecule has 0 fully saturated rings. The summed E-state index contributed by atoms with van der Waals surface area (Å²) in [5, 5.41) is 11.4. The standard InChI is InChI=1S/C25H22FN5O3S/c1-33-20-9-5-6-18(14-20)27-24(32)23-22(16-10-12-17(26)13-11-16)30-31-21(28-29-25(31)35-23)15-34-19-7-3-2-4-8-19/h2-14,22-23,30H,15H2,1H3,(H,27,32). The highest BCUT2D eigenvalue weighted by molar-refractivity contribution is 8.00. The summed E-state index contributed by atoms with van der Waals surface area (Å²) in [6, 6.07) is 22.1. The number of rotatable bonds is 7. The molecule has 178 valence electrons. The van der Waals surface area contributed by atoms with Gasteiger partial charge in [0.15, 0.2) is 5.82 Å². The van der Waals surface area contributed by atoms with Crippen molar-refractivity contribution < 1.29 is 18.7 Å². The van der Waals surface area contributed by atoms with E-state index in [-0.39, 0.29) is 18.3 Å². The molecule has 35 heavy (non-hydrogen) atoms. The zero-order valence-electron chi connectivity index (χ0n) is 18.7. The zero-order valence-corrected chi connectivity index (χ0v) is 19.5. The number of carbonyl (C=O) groups is 1. The summed E-state index contributed by atoms with van der Waals surface area (Å²) in [7, 11) is 1.57. The van der Waals surface area contributed by atoms with Gasteiger partial charge in [-0.25, -0.2) is 9.07 Å². The lowest BCUT2D eigenvalue weighted by Gasteiger charge is -2.33. The fraction of sp³-hybridized carbons (Fsp3) is 0.160. The first-order chi connectivity index (χ1) is 17.1. The molecule has 1 amide bonds. The Bertz CT molecular complexity index is 1320. The molecule has 2 N–H and O–H groups in total. The first kappa shape index (κ1) is 22.7. The van der Waals surface area contributed by atoms with Crippen LogP contribution in [0, 0.1) is 5.82 Å². The van der Waals surface area contributed by atoms with Crippen molar-refractivity contribution in [3.05, 3.63) is 96.1 Å². The molecule has 10 heteroatoms. The van der Waals surface area contributed by atoms with Gasteiger partial charge in [-0.1, -0.05) is 48.2 Å². The number of hydrogen-bond acceptors (Lipinski definition) is 7. The van der Waals surface area contributed by atoms with E-state index in [1.165, 1.54) is 23.9 Å². The van der Waals surface area contributed by atoms with Gasteiger partial charge in [0.25, 0.3) is 0 Å². The maximum absolute atomic E-state index is 13.6. The van der Waals surface area contributed by atoms with E-state index in [9.17, 15) is 9.18 Å². The van der Waals surface area contributed by atoms with Crippen LogP contribution < -0.4 is 20.2 Å². The molecule has 0 spiro atoms. The number of hydrogen-bond donors (Lipinski definition) is 2. The molecule has 3 aromatic carbocycles. The predicted molar refractivity (Wildman–Crippen MR) is 131 cm³/mol. The molecule has 2 unspecified atom stereocenters. The number of halogens is 1. The predicted octanol–water partition coefficient (Wildman–Crippen LogP) is 4.40. The second-order valence-corrected chi connectivity index (χ2v) is 8.86. The Morgan fingerprint density at radius 2 is 1.83 bits per heavy atom. The molecule has 0 aliphatic carbocycles. The molecule has 2 atom stereocenters. The van der Waals surface area contributed by atoms with Crippen molar-refractivity contribution in [2.75, 3.05) is 17.9 Å². The topological polar surface area (TPSA) is 90.3 Å². The van der Waals surface area contributed by atoms with Gasteiger partial charge in [-0.05, 0) is 42.0 Å². The van der Waals surface area contributed by atoms with Crippen LogP contribution in [0.25, 0.3) is 0 Å². The third-order valence-corrected chi connectivity index (χ3v) is 6.65. The summed E-state index contributed by atoms with van der Waals surface area (Å²) in [5.41, 5.74) is 4.70. The number of nitrogens with zero attached hydrogens (tertiary/aromatic N) is 3. The lowest BCUT2D eigenvalue weighted by Crippen LogP contribution is -2.41. The van der Waals surface area contributed by atoms with Gasteiger partial charge >= 0.3 is 0 Å². The molecular formula is C25H22FN5O3S. The molecule has 4 aromatic rings. The van der Waals surface area contributed by atoms with E-state index in [4.69, 9.17) is 9.47 Å². The van der Waals surface area contributed by atoms with Crippen molar-refractivity contribution in [2.24, 2.45) is 0 Å². The summed E-state index contributed by atoms with van der Waals surface area (Å²) >= 11 is 1.28. The van der Waals surface area contributed by atoms with Crippen LogP contribution in [0.3, 0.4) is 0 Å². The third kappa shape index (κ3) is 5.07. The van der Waals surface area contributed by atoms with Gasteiger partial charge in [0.1, 0.15) is 29.2 Å². The smallest absolute Gasteiger partial charge is 0.240 e. The Kier molecular flexibility index (Phi) is 6.53. The van der Waals surface area contributed by atoms with Gasteiger partial charge in [-0.15, -0.1) is 10.2 Å². The SMILES string of the molecule is COc1cccc(NC(=O)C2Sc3nnc(COc4ccccc4)n3NC2c2ccc(F)cc2)c1. The molecule has 5 rings (SSSR count). The number of nitrogens with one attached hydrogen (secondary N) is 2. The highest BCUT2D eigenvalue weighted by Gasteiger charge is 2.38. The van der Waals surface area contributed by atoms with Crippen molar-refractivity contribution in [2.45, 2.75) is 23.1 Å². The van der Waals surface area contributed by atoms with Crippen LogP contribution in [0.2, 0.25) is 0 Å². The number of ether oxygens (including phenoxy) is 2. The number of aromatic nitrogens is 3. The van der Waals surface area contributed by atoms with E-state index in [1.807, 2.05) is 30.3 Å². The number of methoxy groups -OCH3 is 1. The van der Waals surface area contributed by atoms with Crippen molar-refractivity contribution in [1.82, 2.24) is 14.9 Å². The van der Waals surface area contributed by atoms with E-state index in [0.717, 1.165) is 5.56 Å². The minimum absolute atomic E-state index is 0.182. The second-order valence-electron chi connectivity index (χ2n) is 7.75. The summed E-state index contributed by atoms with van der Waals surface area (Å²) < 4.78 is 26.4. The van der Waals surface area contributed by atoms with Gasteiger partial charge in [0.2, 0.25) is 11.1 Å². The highest BCUT2D eigenvalue weighted by atomic mass is 32.2. The fourth-order valence-electron chi connectivity index (χ4n) is 3.69. The summed E-state index contributed by atoms with van der Waals surface area (Å²) in [6.07, 6.45) is 0. The van der Waals surface area contributed by atoms with E-state index in [0.29, 0.717) is 28.2 Å². The third-order valence-electron chi connectivity index (χ3n) is 5.44. The Morgan fingerprint density at radius 1 is 1.06 bits per heavy atom. The summed E-state index contributed by atoms with van der Waals surface area (Å²) in [4.78, 5) is 13.4. The van der Waals surface area contributed by atoms with Gasteiger partial charge in [0.05, 0.1) is 13.2 Å². The average Bonchev–Trinajstić information content (AvgIpc) is 3.30. The number of amides is 1. The Labute approximate surface area is 205 Å². The number of carbonyl (C=O) groups excluding carboxylic acids is 1. The molecule has 0 saturated heterocycles. The molecule has 0 saturated carbocycles. The van der Waals surface area contributed by atoms with Gasteiger partial charge < -0.3 is 20.2 Å². The van der Waals surface area contributed by atoms with Gasteiger partial charge in [-0.3, -0.25) is 4.79 Å². The normalized spacial score (nSPS) is 16.6. The van der Waals surface area contributed by atoms with Crippen LogP contribution in [-0.4, -0.2) is 33.1 Å². The maximum atomic E-state index is 13.6. The van der Waals surface area contributed by atoms with E-state index >= 15 is 0 Å². The molecule has 1 aromatic heterocycles. The van der Waals surface area contributed by atoms with Crippen LogP contribution in [0.4, 0.5) is 10.1 Å². The first-order valence-corrected chi connectivity index (χ1v) is 11.7. The van der Waals surface area contributed by atoms with Crippen LogP contribution in [0.15, 0.2) is 84.0 Å². The molecule has 1 aliphatic rings. The molecule has 8 nitrogen and oxygen atoms in total. The highest BCUT2D eigenvalue weighted by Crippen LogP contribution is 2.38. The summed E-state index contributed by atoms with van der Waals surface area (Å²) in [6.45, 7) is 0.182. The number of para-hydroxylation sites is 1. The van der Waals surface area contributed by atoms with E-state index in [2.05, 4.69) is 20.9 Å². The molecular weight excluding hydrogens is 469 g/mol.